The van der Waals surface area contributed by atoms with Crippen LogP contribution in [0.5, 0.6) is 5.75 Å². The Kier molecular flexibility index (Phi) is 5.79. The summed E-state index contributed by atoms with van der Waals surface area (Å²) in [5.74, 6) is -0.211. The molecule has 2 rings (SSSR count). The monoisotopic (exact) mass is 338 g/mol. The molecule has 1 N–H and O–H groups in total. The van der Waals surface area contributed by atoms with Crippen LogP contribution in [0, 0.1) is 21.4 Å². The van der Waals surface area contributed by atoms with Crippen LogP contribution in [0.1, 0.15) is 18.1 Å². The number of hydrogen-bond acceptors (Lipinski definition) is 6. The third kappa shape index (κ3) is 4.87. The first-order valence-electron chi connectivity index (χ1n) is 7.21. The molecular weight excluding hydrogens is 324 g/mol. The lowest BCUT2D eigenvalue weighted by molar-refractivity contribution is -0.384. The first-order valence-corrected chi connectivity index (χ1v) is 7.21. The highest BCUT2D eigenvalue weighted by Gasteiger charge is 2.09. The maximum Gasteiger partial charge on any atom is 0.277 e. The summed E-state index contributed by atoms with van der Waals surface area (Å²) in [6.07, 6.45) is 0. The Bertz CT molecular complexity index is 871. The summed E-state index contributed by atoms with van der Waals surface area (Å²) in [5, 5.41) is 23.6. The zero-order chi connectivity index (χ0) is 18.2. The normalized spacial score (nSPS) is 10.6. The van der Waals surface area contributed by atoms with E-state index in [4.69, 9.17) is 10.00 Å². The average Bonchev–Trinajstić information content (AvgIpc) is 2.64. The Hall–Kier alpha value is -3.73. The van der Waals surface area contributed by atoms with Crippen LogP contribution in [-0.4, -0.2) is 23.1 Å². The summed E-state index contributed by atoms with van der Waals surface area (Å²) in [6, 6.07) is 14.4. The highest BCUT2D eigenvalue weighted by molar-refractivity contribution is 5.99. The Balaban J connectivity index is 1.96. The summed E-state index contributed by atoms with van der Waals surface area (Å²) < 4.78 is 5.29. The number of nitrogens with one attached hydrogen (secondary N) is 1. The van der Waals surface area contributed by atoms with Crippen LogP contribution >= 0.6 is 0 Å². The minimum atomic E-state index is -0.516. The second kappa shape index (κ2) is 8.21. The fourth-order valence-electron chi connectivity index (χ4n) is 1.92. The molecule has 1 amide bonds. The highest BCUT2D eigenvalue weighted by atomic mass is 16.6. The molecule has 0 saturated carbocycles. The fraction of sp³-hybridized carbons (Fsp3) is 0.118. The summed E-state index contributed by atoms with van der Waals surface area (Å²) in [5.41, 5.74) is 3.50. The maximum atomic E-state index is 11.8. The highest BCUT2D eigenvalue weighted by Crippen LogP contribution is 2.16. The van der Waals surface area contributed by atoms with Crippen LogP contribution in [0.25, 0.3) is 0 Å². The van der Waals surface area contributed by atoms with E-state index in [2.05, 4.69) is 10.5 Å². The molecule has 2 aromatic rings. The molecule has 0 aliphatic heterocycles. The van der Waals surface area contributed by atoms with E-state index < -0.39 is 10.8 Å². The van der Waals surface area contributed by atoms with Gasteiger partial charge in [-0.2, -0.15) is 10.4 Å². The van der Waals surface area contributed by atoms with Gasteiger partial charge in [-0.25, -0.2) is 5.43 Å². The molecule has 25 heavy (non-hydrogen) atoms. The lowest BCUT2D eigenvalue weighted by Crippen LogP contribution is -2.25. The van der Waals surface area contributed by atoms with Gasteiger partial charge < -0.3 is 4.74 Å². The Morgan fingerprint density at radius 1 is 1.32 bits per heavy atom. The molecule has 8 heteroatoms. The molecule has 2 aromatic carbocycles. The smallest absolute Gasteiger partial charge is 0.277 e. The van der Waals surface area contributed by atoms with Crippen molar-refractivity contribution < 1.29 is 14.5 Å². The van der Waals surface area contributed by atoms with E-state index in [-0.39, 0.29) is 12.3 Å². The minimum absolute atomic E-state index is 0.0604. The molecule has 0 unspecified atom stereocenters. The van der Waals surface area contributed by atoms with Gasteiger partial charge in [0.1, 0.15) is 11.8 Å². The molecule has 0 aliphatic carbocycles. The number of nitrogens with zero attached hydrogens (tertiary/aromatic N) is 3. The zero-order valence-electron chi connectivity index (χ0n) is 13.3. The van der Waals surface area contributed by atoms with Crippen molar-refractivity contribution in [2.45, 2.75) is 6.92 Å². The van der Waals surface area contributed by atoms with Gasteiger partial charge in [0.25, 0.3) is 11.6 Å². The van der Waals surface area contributed by atoms with Gasteiger partial charge in [-0.05, 0) is 19.1 Å². The molecule has 0 aliphatic rings. The van der Waals surface area contributed by atoms with Crippen molar-refractivity contribution in [3.63, 3.8) is 0 Å². The van der Waals surface area contributed by atoms with Crippen LogP contribution < -0.4 is 10.2 Å². The largest absolute Gasteiger partial charge is 0.482 e. The van der Waals surface area contributed by atoms with Gasteiger partial charge in [0.2, 0.25) is 0 Å². The van der Waals surface area contributed by atoms with Gasteiger partial charge in [-0.15, -0.1) is 0 Å². The summed E-state index contributed by atoms with van der Waals surface area (Å²) in [6.45, 7) is 1.30. The number of nitro groups is 1. The number of ether oxygens (including phenoxy) is 1. The number of benzene rings is 2. The minimum Gasteiger partial charge on any atom is -0.482 e. The standard InChI is InChI=1S/C17H14N4O4/c1-12(13-6-4-7-15(9-13)21(23)24)19-20-17(22)11-25-16-8-3-2-5-14(16)10-18/h2-9H,11H2,1H3,(H,20,22)/b19-12+. The molecule has 0 atom stereocenters. The molecule has 0 spiro atoms. The third-order valence-corrected chi connectivity index (χ3v) is 3.19. The number of amides is 1. The number of carbonyl (C=O) groups is 1. The van der Waals surface area contributed by atoms with Crippen molar-refractivity contribution in [3.05, 3.63) is 69.8 Å². The van der Waals surface area contributed by atoms with Crippen LogP contribution in [-0.2, 0) is 4.79 Å². The van der Waals surface area contributed by atoms with E-state index in [1.807, 2.05) is 6.07 Å². The molecule has 0 heterocycles. The molecule has 126 valence electrons. The molecule has 0 fully saturated rings. The number of para-hydroxylation sites is 1. The predicted molar refractivity (Wildman–Crippen MR) is 90.1 cm³/mol. The number of rotatable bonds is 6. The second-order valence-electron chi connectivity index (χ2n) is 4.94. The van der Waals surface area contributed by atoms with Gasteiger partial charge in [-0.3, -0.25) is 14.9 Å². The van der Waals surface area contributed by atoms with Crippen molar-refractivity contribution in [2.75, 3.05) is 6.61 Å². The van der Waals surface area contributed by atoms with Gasteiger partial charge in [0, 0.05) is 17.7 Å². The maximum absolute atomic E-state index is 11.8. The summed E-state index contributed by atoms with van der Waals surface area (Å²) >= 11 is 0. The van der Waals surface area contributed by atoms with Gasteiger partial charge >= 0.3 is 0 Å². The number of non-ortho nitro benzene ring substituents is 1. The predicted octanol–water partition coefficient (Wildman–Crippen LogP) is 2.39. The van der Waals surface area contributed by atoms with Gasteiger partial charge in [0.05, 0.1) is 16.2 Å². The first kappa shape index (κ1) is 17.6. The zero-order valence-corrected chi connectivity index (χ0v) is 13.3. The number of hydrazone groups is 1. The van der Waals surface area contributed by atoms with E-state index in [1.165, 1.54) is 18.2 Å². The number of nitro benzene ring substituents is 1. The number of carbonyl (C=O) groups excluding carboxylic acids is 1. The molecule has 0 bridgehead atoms. The molecular formula is C17H14N4O4. The molecule has 0 saturated heterocycles. The molecule has 8 nitrogen and oxygen atoms in total. The van der Waals surface area contributed by atoms with Crippen LogP contribution in [0.15, 0.2) is 53.6 Å². The van der Waals surface area contributed by atoms with Gasteiger partial charge in [0.15, 0.2) is 6.61 Å². The van der Waals surface area contributed by atoms with E-state index in [1.54, 1.807) is 37.3 Å². The van der Waals surface area contributed by atoms with Crippen molar-refractivity contribution in [1.29, 1.82) is 5.26 Å². The Morgan fingerprint density at radius 2 is 2.08 bits per heavy atom. The third-order valence-electron chi connectivity index (χ3n) is 3.19. The summed E-state index contributed by atoms with van der Waals surface area (Å²) in [4.78, 5) is 22.1. The summed E-state index contributed by atoms with van der Waals surface area (Å²) in [7, 11) is 0. The Labute approximate surface area is 143 Å². The van der Waals surface area contributed by atoms with Gasteiger partial charge in [-0.1, -0.05) is 24.3 Å². The fourth-order valence-corrected chi connectivity index (χ4v) is 1.92. The number of nitriles is 1. The van der Waals surface area contributed by atoms with E-state index in [0.29, 0.717) is 22.6 Å². The molecule has 0 radical (unpaired) electrons. The topological polar surface area (TPSA) is 118 Å². The van der Waals surface area contributed by atoms with Crippen molar-refractivity contribution >= 4 is 17.3 Å². The first-order chi connectivity index (χ1) is 12.0. The van der Waals surface area contributed by atoms with Crippen LogP contribution in [0.3, 0.4) is 0 Å². The van der Waals surface area contributed by atoms with Crippen molar-refractivity contribution in [1.82, 2.24) is 5.43 Å². The second-order valence-corrected chi connectivity index (χ2v) is 4.94. The average molecular weight is 338 g/mol. The SMILES string of the molecule is C/C(=N\NC(=O)COc1ccccc1C#N)c1cccc([N+](=O)[O-])c1. The molecule has 0 aromatic heterocycles. The van der Waals surface area contributed by atoms with E-state index >= 15 is 0 Å². The van der Waals surface area contributed by atoms with Crippen molar-refractivity contribution in [2.24, 2.45) is 5.10 Å². The lowest BCUT2D eigenvalue weighted by atomic mass is 10.1. The lowest BCUT2D eigenvalue weighted by Gasteiger charge is -2.07. The van der Waals surface area contributed by atoms with Crippen molar-refractivity contribution in [3.8, 4) is 11.8 Å². The van der Waals surface area contributed by atoms with Crippen LogP contribution in [0.2, 0.25) is 0 Å². The van der Waals surface area contributed by atoms with E-state index in [9.17, 15) is 14.9 Å². The van der Waals surface area contributed by atoms with E-state index in [0.717, 1.165) is 0 Å². The quantitative estimate of drug-likeness (QED) is 0.493. The number of hydrogen-bond donors (Lipinski definition) is 1. The Morgan fingerprint density at radius 3 is 2.80 bits per heavy atom. The van der Waals surface area contributed by atoms with Crippen LogP contribution in [0.4, 0.5) is 5.69 Å².